The number of anilines is 1. The highest BCUT2D eigenvalue weighted by Crippen LogP contribution is 2.24. The molecule has 0 bridgehead atoms. The zero-order chi connectivity index (χ0) is 20.3. The Morgan fingerprint density at radius 1 is 1.21 bits per heavy atom. The smallest absolute Gasteiger partial charge is 0.266 e. The number of hydrogen-bond acceptors (Lipinski definition) is 3. The number of primary amides is 1. The van der Waals surface area contributed by atoms with Gasteiger partial charge in [-0.3, -0.25) is 9.59 Å². The van der Waals surface area contributed by atoms with Crippen molar-refractivity contribution >= 4 is 34.5 Å². The summed E-state index contributed by atoms with van der Waals surface area (Å²) in [6.07, 6.45) is 3.25. The molecule has 0 atom stereocenters. The molecule has 0 aliphatic heterocycles. The van der Waals surface area contributed by atoms with E-state index >= 15 is 0 Å². The first-order chi connectivity index (χ1) is 13.4. The average Bonchev–Trinajstić information content (AvgIpc) is 2.99. The molecular formula is C22H20N4O2. The fourth-order valence-corrected chi connectivity index (χ4v) is 3.14. The van der Waals surface area contributed by atoms with E-state index in [0.717, 1.165) is 22.0 Å². The lowest BCUT2D eigenvalue weighted by molar-refractivity contribution is -0.118. The zero-order valence-electron chi connectivity index (χ0n) is 15.7. The minimum absolute atomic E-state index is 0.0188. The van der Waals surface area contributed by atoms with Crippen LogP contribution in [0.1, 0.15) is 16.7 Å². The van der Waals surface area contributed by atoms with Crippen LogP contribution in [0.15, 0.2) is 54.2 Å². The quantitative estimate of drug-likeness (QED) is 0.531. The number of nitrogens with zero attached hydrogens (tertiary/aromatic N) is 2. The van der Waals surface area contributed by atoms with Gasteiger partial charge >= 0.3 is 0 Å². The molecule has 3 rings (SSSR count). The number of rotatable bonds is 5. The topological polar surface area (TPSA) is 101 Å². The summed E-state index contributed by atoms with van der Waals surface area (Å²) in [5, 5.41) is 13.1. The van der Waals surface area contributed by atoms with Gasteiger partial charge in [-0.2, -0.15) is 5.26 Å². The second-order valence-electron chi connectivity index (χ2n) is 6.64. The number of fused-ring (bicyclic) bond motifs is 1. The van der Waals surface area contributed by atoms with Crippen LogP contribution in [0.5, 0.6) is 0 Å². The van der Waals surface area contributed by atoms with Crippen LogP contribution < -0.4 is 11.1 Å². The summed E-state index contributed by atoms with van der Waals surface area (Å²) in [4.78, 5) is 24.0. The predicted octanol–water partition coefficient (Wildman–Crippen LogP) is 3.29. The van der Waals surface area contributed by atoms with E-state index < -0.39 is 11.8 Å². The summed E-state index contributed by atoms with van der Waals surface area (Å²) in [5.74, 6) is -0.953. The molecule has 3 aromatic rings. The summed E-state index contributed by atoms with van der Waals surface area (Å²) in [7, 11) is 0. The summed E-state index contributed by atoms with van der Waals surface area (Å²) in [6, 6.07) is 15.1. The van der Waals surface area contributed by atoms with Crippen LogP contribution in [-0.2, 0) is 16.1 Å². The van der Waals surface area contributed by atoms with Crippen LogP contribution in [0.3, 0.4) is 0 Å². The van der Waals surface area contributed by atoms with E-state index in [1.807, 2.05) is 62.4 Å². The molecule has 1 aromatic heterocycles. The van der Waals surface area contributed by atoms with E-state index in [9.17, 15) is 14.9 Å². The molecule has 0 aliphatic rings. The molecule has 1 heterocycles. The molecule has 0 unspecified atom stereocenters. The number of nitrogens with one attached hydrogen (secondary N) is 1. The van der Waals surface area contributed by atoms with E-state index in [4.69, 9.17) is 5.73 Å². The number of carbonyl (C=O) groups excluding carboxylic acids is 2. The van der Waals surface area contributed by atoms with Crippen LogP contribution in [0.2, 0.25) is 0 Å². The van der Waals surface area contributed by atoms with Crippen molar-refractivity contribution in [2.75, 3.05) is 5.32 Å². The molecule has 0 spiro atoms. The fraction of sp³-hybridized carbons (Fsp3) is 0.136. The minimum atomic E-state index is -0.485. The zero-order valence-corrected chi connectivity index (χ0v) is 15.7. The Kier molecular flexibility index (Phi) is 5.28. The SMILES string of the molecule is Cc1ccc(NC(=O)/C(C#N)=C/c2cn(CC(N)=O)c3ccccc23)c(C)c1. The molecule has 6 heteroatoms. The Morgan fingerprint density at radius 2 is 1.96 bits per heavy atom. The standard InChI is InChI=1S/C22H20N4O2/c1-14-7-8-19(15(2)9-14)25-22(28)16(11-23)10-17-12-26(13-21(24)27)20-6-4-3-5-18(17)20/h3-10,12H,13H2,1-2H3,(H2,24,27)(H,25,28)/b16-10+. The maximum atomic E-state index is 12.6. The van der Waals surface area contributed by atoms with E-state index in [0.29, 0.717) is 11.3 Å². The van der Waals surface area contributed by atoms with Crippen molar-refractivity contribution in [2.24, 2.45) is 5.73 Å². The van der Waals surface area contributed by atoms with Crippen LogP contribution in [0, 0.1) is 25.2 Å². The van der Waals surface area contributed by atoms with Gasteiger partial charge in [0.2, 0.25) is 5.91 Å². The largest absolute Gasteiger partial charge is 0.368 e. The van der Waals surface area contributed by atoms with Crippen LogP contribution in [-0.4, -0.2) is 16.4 Å². The van der Waals surface area contributed by atoms with Crippen molar-refractivity contribution in [3.63, 3.8) is 0 Å². The normalized spacial score (nSPS) is 11.2. The number of aromatic nitrogens is 1. The van der Waals surface area contributed by atoms with E-state index in [2.05, 4.69) is 5.32 Å². The molecule has 0 saturated heterocycles. The van der Waals surface area contributed by atoms with Gasteiger partial charge in [0, 0.05) is 28.4 Å². The molecule has 0 radical (unpaired) electrons. The molecule has 2 amide bonds. The first kappa shape index (κ1) is 18.9. The first-order valence-electron chi connectivity index (χ1n) is 8.75. The third-order valence-electron chi connectivity index (χ3n) is 4.44. The number of carbonyl (C=O) groups is 2. The Morgan fingerprint density at radius 3 is 2.64 bits per heavy atom. The Balaban J connectivity index is 1.97. The molecule has 3 N–H and O–H groups in total. The molecule has 28 heavy (non-hydrogen) atoms. The second-order valence-corrected chi connectivity index (χ2v) is 6.64. The number of aryl methyl sites for hydroxylation is 2. The molecule has 6 nitrogen and oxygen atoms in total. The number of hydrogen-bond donors (Lipinski definition) is 2. The van der Waals surface area contributed by atoms with Gasteiger partial charge in [0.25, 0.3) is 5.91 Å². The Labute approximate surface area is 162 Å². The van der Waals surface area contributed by atoms with Gasteiger partial charge in [-0.05, 0) is 37.6 Å². The molecular weight excluding hydrogens is 352 g/mol. The number of para-hydroxylation sites is 1. The molecule has 140 valence electrons. The number of amides is 2. The summed E-state index contributed by atoms with van der Waals surface area (Å²) in [5.41, 5.74) is 9.44. The van der Waals surface area contributed by atoms with Gasteiger partial charge < -0.3 is 15.6 Å². The minimum Gasteiger partial charge on any atom is -0.368 e. The lowest BCUT2D eigenvalue weighted by atomic mass is 10.1. The third kappa shape index (κ3) is 3.94. The molecule has 0 aliphatic carbocycles. The van der Waals surface area contributed by atoms with Crippen LogP contribution in [0.25, 0.3) is 17.0 Å². The van der Waals surface area contributed by atoms with E-state index in [1.165, 1.54) is 6.08 Å². The van der Waals surface area contributed by atoms with E-state index in [1.54, 1.807) is 10.8 Å². The highest BCUT2D eigenvalue weighted by Gasteiger charge is 2.14. The van der Waals surface area contributed by atoms with Crippen LogP contribution in [0.4, 0.5) is 5.69 Å². The maximum Gasteiger partial charge on any atom is 0.266 e. The van der Waals surface area contributed by atoms with Crippen molar-refractivity contribution in [2.45, 2.75) is 20.4 Å². The average molecular weight is 372 g/mol. The monoisotopic (exact) mass is 372 g/mol. The van der Waals surface area contributed by atoms with Crippen molar-refractivity contribution < 1.29 is 9.59 Å². The highest BCUT2D eigenvalue weighted by molar-refractivity contribution is 6.11. The fourth-order valence-electron chi connectivity index (χ4n) is 3.14. The lowest BCUT2D eigenvalue weighted by Gasteiger charge is -2.08. The van der Waals surface area contributed by atoms with Crippen molar-refractivity contribution in [1.29, 1.82) is 5.26 Å². The number of benzene rings is 2. The lowest BCUT2D eigenvalue weighted by Crippen LogP contribution is -2.17. The van der Waals surface area contributed by atoms with Gasteiger partial charge in [-0.25, -0.2) is 0 Å². The van der Waals surface area contributed by atoms with Gasteiger partial charge in [-0.15, -0.1) is 0 Å². The van der Waals surface area contributed by atoms with Crippen molar-refractivity contribution in [3.8, 4) is 6.07 Å². The Hall–Kier alpha value is -3.85. The van der Waals surface area contributed by atoms with Gasteiger partial charge in [-0.1, -0.05) is 35.9 Å². The van der Waals surface area contributed by atoms with E-state index in [-0.39, 0.29) is 12.1 Å². The molecule has 0 fully saturated rings. The third-order valence-corrected chi connectivity index (χ3v) is 4.44. The Bertz CT molecular complexity index is 1150. The molecule has 0 saturated carbocycles. The summed E-state index contributed by atoms with van der Waals surface area (Å²) >= 11 is 0. The van der Waals surface area contributed by atoms with Gasteiger partial charge in [0.05, 0.1) is 0 Å². The summed E-state index contributed by atoms with van der Waals surface area (Å²) < 4.78 is 1.71. The maximum absolute atomic E-state index is 12.6. The van der Waals surface area contributed by atoms with Crippen molar-refractivity contribution in [3.05, 3.63) is 70.9 Å². The molecule has 2 aromatic carbocycles. The highest BCUT2D eigenvalue weighted by atomic mass is 16.2. The summed E-state index contributed by atoms with van der Waals surface area (Å²) in [6.45, 7) is 3.89. The number of nitrogens with two attached hydrogens (primary N) is 1. The van der Waals surface area contributed by atoms with Gasteiger partial charge in [0.15, 0.2) is 0 Å². The number of nitriles is 1. The van der Waals surface area contributed by atoms with Crippen LogP contribution >= 0.6 is 0 Å². The van der Waals surface area contributed by atoms with Gasteiger partial charge in [0.1, 0.15) is 18.2 Å². The van der Waals surface area contributed by atoms with Crippen molar-refractivity contribution in [1.82, 2.24) is 4.57 Å². The first-order valence-corrected chi connectivity index (χ1v) is 8.75. The second kappa shape index (κ2) is 7.80. The predicted molar refractivity (Wildman–Crippen MR) is 109 cm³/mol.